The van der Waals surface area contributed by atoms with Gasteiger partial charge < -0.3 is 9.64 Å². The number of nitrogens with zero attached hydrogens (tertiary/aromatic N) is 4. The van der Waals surface area contributed by atoms with Crippen LogP contribution in [-0.2, 0) is 0 Å². The fourth-order valence-corrected chi connectivity index (χ4v) is 3.34. The maximum Gasteiger partial charge on any atom is 0.231 e. The van der Waals surface area contributed by atoms with Gasteiger partial charge in [0.1, 0.15) is 5.75 Å². The molecular weight excluding hydrogens is 324 g/mol. The number of fused-ring (bicyclic) bond motifs is 1. The molecule has 2 heterocycles. The van der Waals surface area contributed by atoms with Gasteiger partial charge in [-0.15, -0.1) is 0 Å². The van der Waals surface area contributed by atoms with Crippen LogP contribution < -0.4 is 9.64 Å². The highest BCUT2D eigenvalue weighted by Gasteiger charge is 2.20. The Balaban J connectivity index is 1.64. The molecule has 2 aromatic carbocycles. The van der Waals surface area contributed by atoms with Crippen LogP contribution in [0.4, 0.5) is 5.95 Å². The molecule has 0 atom stereocenters. The van der Waals surface area contributed by atoms with E-state index < -0.39 is 0 Å². The van der Waals surface area contributed by atoms with Crippen molar-refractivity contribution in [2.75, 3.05) is 37.6 Å². The first-order valence-corrected chi connectivity index (χ1v) is 9.30. The smallest absolute Gasteiger partial charge is 0.231 e. The Morgan fingerprint density at radius 1 is 0.885 bits per heavy atom. The van der Waals surface area contributed by atoms with Crippen LogP contribution in [0.25, 0.3) is 10.9 Å². The minimum atomic E-state index is 0.618. The molecule has 1 aliphatic rings. The van der Waals surface area contributed by atoms with Crippen molar-refractivity contribution in [3.05, 3.63) is 54.6 Å². The van der Waals surface area contributed by atoms with Crippen molar-refractivity contribution < 1.29 is 4.74 Å². The molecule has 0 unspecified atom stereocenters. The predicted octanol–water partition coefficient (Wildman–Crippen LogP) is 3.95. The van der Waals surface area contributed by atoms with Crippen LogP contribution in [0.3, 0.4) is 0 Å². The number of anilines is 1. The molecule has 0 N–H and O–H groups in total. The average Bonchev–Trinajstić information content (AvgIpc) is 2.69. The molecule has 26 heavy (non-hydrogen) atoms. The van der Waals surface area contributed by atoms with E-state index in [-0.39, 0.29) is 0 Å². The van der Waals surface area contributed by atoms with Crippen LogP contribution in [0.2, 0.25) is 0 Å². The summed E-state index contributed by atoms with van der Waals surface area (Å²) in [5, 5.41) is 0.935. The third kappa shape index (κ3) is 3.63. The number of piperazine rings is 1. The second-order valence-corrected chi connectivity index (χ2v) is 6.59. The quantitative estimate of drug-likeness (QED) is 0.698. The lowest BCUT2D eigenvalue weighted by Crippen LogP contribution is -2.47. The monoisotopic (exact) mass is 348 g/mol. The number of ether oxygens (including phenoxy) is 1. The SMILES string of the molecule is CCCN1CCN(c2nc(Oc3ccccc3)c3ccccc3n2)CC1. The van der Waals surface area contributed by atoms with E-state index >= 15 is 0 Å². The van der Waals surface area contributed by atoms with Gasteiger partial charge in [0.2, 0.25) is 11.8 Å². The lowest BCUT2D eigenvalue weighted by Gasteiger charge is -2.34. The Hall–Kier alpha value is -2.66. The molecule has 4 rings (SSSR count). The van der Waals surface area contributed by atoms with Crippen LogP contribution in [0.1, 0.15) is 13.3 Å². The van der Waals surface area contributed by atoms with Crippen molar-refractivity contribution in [3.63, 3.8) is 0 Å². The number of para-hydroxylation sites is 2. The average molecular weight is 348 g/mol. The molecule has 0 saturated carbocycles. The number of benzene rings is 2. The molecule has 0 spiro atoms. The van der Waals surface area contributed by atoms with Gasteiger partial charge in [-0.05, 0) is 37.2 Å². The predicted molar refractivity (Wildman–Crippen MR) is 105 cm³/mol. The Labute approximate surface area is 154 Å². The lowest BCUT2D eigenvalue weighted by atomic mass is 10.2. The molecule has 5 heteroatoms. The number of hydrogen-bond donors (Lipinski definition) is 0. The van der Waals surface area contributed by atoms with E-state index in [0.29, 0.717) is 5.88 Å². The van der Waals surface area contributed by atoms with Gasteiger partial charge in [0, 0.05) is 26.2 Å². The maximum atomic E-state index is 6.09. The molecule has 1 fully saturated rings. The first-order valence-electron chi connectivity index (χ1n) is 9.30. The first-order chi connectivity index (χ1) is 12.8. The summed E-state index contributed by atoms with van der Waals surface area (Å²) < 4.78 is 6.09. The van der Waals surface area contributed by atoms with Crippen LogP contribution in [0.15, 0.2) is 54.6 Å². The second kappa shape index (κ2) is 7.70. The van der Waals surface area contributed by atoms with E-state index in [4.69, 9.17) is 14.7 Å². The summed E-state index contributed by atoms with van der Waals surface area (Å²) in [7, 11) is 0. The Morgan fingerprint density at radius 3 is 2.38 bits per heavy atom. The van der Waals surface area contributed by atoms with Crippen LogP contribution in [0.5, 0.6) is 11.6 Å². The van der Waals surface area contributed by atoms with Gasteiger partial charge in [-0.1, -0.05) is 37.3 Å². The molecule has 0 radical (unpaired) electrons. The minimum Gasteiger partial charge on any atom is -0.438 e. The van der Waals surface area contributed by atoms with Gasteiger partial charge in [0.05, 0.1) is 10.9 Å². The molecular formula is C21H24N4O. The normalized spacial score (nSPS) is 15.3. The topological polar surface area (TPSA) is 41.5 Å². The molecule has 134 valence electrons. The first kappa shape index (κ1) is 16.8. The van der Waals surface area contributed by atoms with Crippen molar-refractivity contribution in [2.45, 2.75) is 13.3 Å². The summed E-state index contributed by atoms with van der Waals surface area (Å²) in [5.74, 6) is 2.16. The third-order valence-electron chi connectivity index (χ3n) is 4.71. The fourth-order valence-electron chi connectivity index (χ4n) is 3.34. The zero-order valence-electron chi connectivity index (χ0n) is 15.1. The van der Waals surface area contributed by atoms with E-state index in [1.54, 1.807) is 0 Å². The maximum absolute atomic E-state index is 6.09. The fraction of sp³-hybridized carbons (Fsp3) is 0.333. The third-order valence-corrected chi connectivity index (χ3v) is 4.71. The Bertz CT molecular complexity index is 860. The molecule has 0 amide bonds. The van der Waals surface area contributed by atoms with Gasteiger partial charge in [-0.3, -0.25) is 4.90 Å². The number of rotatable bonds is 5. The minimum absolute atomic E-state index is 0.618. The second-order valence-electron chi connectivity index (χ2n) is 6.59. The van der Waals surface area contributed by atoms with Gasteiger partial charge in [0.25, 0.3) is 0 Å². The van der Waals surface area contributed by atoms with E-state index in [2.05, 4.69) is 16.7 Å². The largest absolute Gasteiger partial charge is 0.438 e. The van der Waals surface area contributed by atoms with E-state index in [1.165, 1.54) is 6.42 Å². The zero-order valence-corrected chi connectivity index (χ0v) is 15.1. The molecule has 1 saturated heterocycles. The van der Waals surface area contributed by atoms with Gasteiger partial charge in [-0.25, -0.2) is 4.98 Å². The molecule has 0 bridgehead atoms. The summed E-state index contributed by atoms with van der Waals surface area (Å²) in [6, 6.07) is 17.8. The van der Waals surface area contributed by atoms with Crippen molar-refractivity contribution in [1.82, 2.24) is 14.9 Å². The summed E-state index contributed by atoms with van der Waals surface area (Å²) in [4.78, 5) is 14.3. The van der Waals surface area contributed by atoms with Gasteiger partial charge in [0.15, 0.2) is 0 Å². The van der Waals surface area contributed by atoms with E-state index in [9.17, 15) is 0 Å². The molecule has 1 aromatic heterocycles. The van der Waals surface area contributed by atoms with Crippen molar-refractivity contribution >= 4 is 16.9 Å². The highest BCUT2D eigenvalue weighted by Crippen LogP contribution is 2.29. The molecule has 3 aromatic rings. The number of aromatic nitrogens is 2. The van der Waals surface area contributed by atoms with Gasteiger partial charge in [-0.2, -0.15) is 4.98 Å². The Morgan fingerprint density at radius 2 is 1.62 bits per heavy atom. The van der Waals surface area contributed by atoms with E-state index in [0.717, 1.165) is 55.3 Å². The Kier molecular flexibility index (Phi) is 4.97. The summed E-state index contributed by atoms with van der Waals surface area (Å²) in [6.45, 7) is 7.39. The highest BCUT2D eigenvalue weighted by molar-refractivity contribution is 5.84. The summed E-state index contributed by atoms with van der Waals surface area (Å²) in [5.41, 5.74) is 0.916. The summed E-state index contributed by atoms with van der Waals surface area (Å²) >= 11 is 0. The standard InChI is InChI=1S/C21H24N4O/c1-2-12-24-13-15-25(16-14-24)21-22-19-11-7-6-10-18(19)20(23-21)26-17-8-4-3-5-9-17/h3-11H,2,12-16H2,1H3. The molecule has 0 aliphatic carbocycles. The van der Waals surface area contributed by atoms with Crippen molar-refractivity contribution in [1.29, 1.82) is 0 Å². The highest BCUT2D eigenvalue weighted by atomic mass is 16.5. The van der Waals surface area contributed by atoms with Crippen LogP contribution >= 0.6 is 0 Å². The lowest BCUT2D eigenvalue weighted by molar-refractivity contribution is 0.257. The van der Waals surface area contributed by atoms with Crippen LogP contribution in [-0.4, -0.2) is 47.6 Å². The summed E-state index contributed by atoms with van der Waals surface area (Å²) in [6.07, 6.45) is 1.20. The molecule has 1 aliphatic heterocycles. The van der Waals surface area contributed by atoms with Gasteiger partial charge >= 0.3 is 0 Å². The van der Waals surface area contributed by atoms with E-state index in [1.807, 2.05) is 54.6 Å². The molecule has 5 nitrogen and oxygen atoms in total. The number of hydrogen-bond acceptors (Lipinski definition) is 5. The zero-order chi connectivity index (χ0) is 17.8. The van der Waals surface area contributed by atoms with Crippen molar-refractivity contribution in [3.8, 4) is 11.6 Å². The van der Waals surface area contributed by atoms with Crippen molar-refractivity contribution in [2.24, 2.45) is 0 Å². The van der Waals surface area contributed by atoms with Crippen LogP contribution in [0, 0.1) is 0 Å².